The lowest BCUT2D eigenvalue weighted by atomic mass is 10.2. The van der Waals surface area contributed by atoms with E-state index in [1.54, 1.807) is 12.1 Å². The molecule has 0 heterocycles. The minimum absolute atomic E-state index is 0.272. The summed E-state index contributed by atoms with van der Waals surface area (Å²) in [4.78, 5) is 0. The molecule has 3 heteroatoms. The van der Waals surface area contributed by atoms with Crippen LogP contribution in [0.4, 0.5) is 4.39 Å². The van der Waals surface area contributed by atoms with Crippen molar-refractivity contribution in [1.29, 1.82) is 0 Å². The van der Waals surface area contributed by atoms with Crippen LogP contribution in [0.2, 0.25) is 0 Å². The van der Waals surface area contributed by atoms with Gasteiger partial charge in [-0.15, -0.1) is 6.58 Å². The maximum Gasteiger partial charge on any atom is 0.165 e. The van der Waals surface area contributed by atoms with Crippen molar-refractivity contribution in [1.82, 2.24) is 0 Å². The van der Waals surface area contributed by atoms with Gasteiger partial charge in [0.1, 0.15) is 0 Å². The van der Waals surface area contributed by atoms with Crippen LogP contribution in [0.5, 0.6) is 5.75 Å². The molecule has 0 amide bonds. The Morgan fingerprint density at radius 2 is 2.27 bits per heavy atom. The Bertz CT molecular complexity index is 349. The molecule has 1 aromatic carbocycles. The molecule has 82 valence electrons. The molecule has 2 nitrogen and oxygen atoms in total. The van der Waals surface area contributed by atoms with Crippen LogP contribution in [0.3, 0.4) is 0 Å². The second-order valence-corrected chi connectivity index (χ2v) is 3.52. The van der Waals surface area contributed by atoms with Crippen molar-refractivity contribution >= 4 is 0 Å². The Labute approximate surface area is 89.6 Å². The normalized spacial score (nSPS) is 10.1. The van der Waals surface area contributed by atoms with Crippen LogP contribution >= 0.6 is 0 Å². The molecule has 2 N–H and O–H groups in total. The van der Waals surface area contributed by atoms with E-state index in [-0.39, 0.29) is 11.6 Å². The van der Waals surface area contributed by atoms with Crippen molar-refractivity contribution < 1.29 is 9.13 Å². The van der Waals surface area contributed by atoms with Gasteiger partial charge in [-0.25, -0.2) is 4.39 Å². The van der Waals surface area contributed by atoms with E-state index in [4.69, 9.17) is 10.5 Å². The first-order valence-electron chi connectivity index (χ1n) is 4.89. The Hall–Kier alpha value is -1.35. The maximum atomic E-state index is 13.4. The van der Waals surface area contributed by atoms with E-state index in [9.17, 15) is 4.39 Å². The number of hydrogen-bond donors (Lipinski definition) is 1. The predicted molar refractivity (Wildman–Crippen MR) is 59.2 cm³/mol. The van der Waals surface area contributed by atoms with Crippen LogP contribution in [0.15, 0.2) is 30.4 Å². The van der Waals surface area contributed by atoms with Crippen molar-refractivity contribution in [3.63, 3.8) is 0 Å². The van der Waals surface area contributed by atoms with Gasteiger partial charge in [0.05, 0.1) is 6.61 Å². The number of nitrogens with two attached hydrogens (primary N) is 1. The maximum absolute atomic E-state index is 13.4. The van der Waals surface area contributed by atoms with Crippen molar-refractivity contribution in [3.8, 4) is 5.75 Å². The van der Waals surface area contributed by atoms with Crippen molar-refractivity contribution in [3.05, 3.63) is 41.7 Å². The Morgan fingerprint density at radius 3 is 2.80 bits per heavy atom. The molecular weight excluding hydrogens is 193 g/mol. The Morgan fingerprint density at radius 1 is 1.53 bits per heavy atom. The van der Waals surface area contributed by atoms with Crippen LogP contribution < -0.4 is 10.5 Å². The van der Waals surface area contributed by atoms with Crippen LogP contribution in [0, 0.1) is 5.82 Å². The monoisotopic (exact) mass is 209 g/mol. The molecule has 0 atom stereocenters. The van der Waals surface area contributed by atoms with E-state index < -0.39 is 0 Å². The van der Waals surface area contributed by atoms with Gasteiger partial charge in [0.15, 0.2) is 11.6 Å². The topological polar surface area (TPSA) is 35.2 Å². The zero-order chi connectivity index (χ0) is 11.3. The van der Waals surface area contributed by atoms with Gasteiger partial charge in [-0.05, 0) is 24.6 Å². The molecule has 0 fully saturated rings. The molecule has 0 aromatic heterocycles. The van der Waals surface area contributed by atoms with Crippen LogP contribution in [-0.2, 0) is 6.54 Å². The third-order valence-corrected chi connectivity index (χ3v) is 2.02. The minimum Gasteiger partial charge on any atom is -0.490 e. The van der Waals surface area contributed by atoms with Crippen LogP contribution in [-0.4, -0.2) is 6.61 Å². The lowest BCUT2D eigenvalue weighted by Gasteiger charge is -2.07. The minimum atomic E-state index is -0.361. The van der Waals surface area contributed by atoms with E-state index in [1.807, 2.05) is 6.92 Å². The molecule has 0 saturated carbocycles. The highest BCUT2D eigenvalue weighted by molar-refractivity contribution is 5.29. The fourth-order valence-corrected chi connectivity index (χ4v) is 1.12. The van der Waals surface area contributed by atoms with E-state index in [1.165, 1.54) is 6.07 Å². The van der Waals surface area contributed by atoms with Gasteiger partial charge in [0.25, 0.3) is 0 Å². The van der Waals surface area contributed by atoms with Gasteiger partial charge in [0, 0.05) is 13.0 Å². The molecule has 0 unspecified atom stereocenters. The van der Waals surface area contributed by atoms with Crippen molar-refractivity contribution in [2.75, 3.05) is 6.61 Å². The summed E-state index contributed by atoms with van der Waals surface area (Å²) < 4.78 is 18.6. The summed E-state index contributed by atoms with van der Waals surface area (Å²) in [6, 6.07) is 4.77. The summed E-state index contributed by atoms with van der Waals surface area (Å²) in [5.74, 6) is -0.0897. The third-order valence-electron chi connectivity index (χ3n) is 2.02. The van der Waals surface area contributed by atoms with Crippen molar-refractivity contribution in [2.24, 2.45) is 5.73 Å². The van der Waals surface area contributed by atoms with E-state index >= 15 is 0 Å². The summed E-state index contributed by atoms with van der Waals surface area (Å²) in [6.07, 6.45) is 0.734. The highest BCUT2D eigenvalue weighted by Gasteiger charge is 2.03. The number of hydrogen-bond acceptors (Lipinski definition) is 2. The molecule has 0 aliphatic heterocycles. The van der Waals surface area contributed by atoms with Crippen LogP contribution in [0.1, 0.15) is 18.9 Å². The average Bonchev–Trinajstić information content (AvgIpc) is 2.20. The third kappa shape index (κ3) is 3.72. The molecule has 15 heavy (non-hydrogen) atoms. The summed E-state index contributed by atoms with van der Waals surface area (Å²) in [7, 11) is 0. The Kier molecular flexibility index (Phi) is 4.31. The lowest BCUT2D eigenvalue weighted by Crippen LogP contribution is -2.01. The number of rotatable bonds is 5. The first kappa shape index (κ1) is 11.7. The lowest BCUT2D eigenvalue weighted by molar-refractivity contribution is 0.305. The van der Waals surface area contributed by atoms with Gasteiger partial charge in [-0.1, -0.05) is 11.6 Å². The number of halogens is 1. The first-order valence-corrected chi connectivity index (χ1v) is 4.89. The zero-order valence-electron chi connectivity index (χ0n) is 8.92. The molecule has 0 aliphatic rings. The highest BCUT2D eigenvalue weighted by Crippen LogP contribution is 2.18. The molecular formula is C12H16FNO. The quantitative estimate of drug-likeness (QED) is 0.756. The second-order valence-electron chi connectivity index (χ2n) is 3.52. The highest BCUT2D eigenvalue weighted by atomic mass is 19.1. The number of benzene rings is 1. The number of ether oxygens (including phenoxy) is 1. The molecule has 1 aromatic rings. The molecule has 1 rings (SSSR count). The molecule has 0 radical (unpaired) electrons. The SMILES string of the molecule is C=C(C)CCOc1ccc(CN)cc1F. The van der Waals surface area contributed by atoms with Gasteiger partial charge >= 0.3 is 0 Å². The summed E-state index contributed by atoms with van der Waals surface area (Å²) in [5, 5.41) is 0. The van der Waals surface area contributed by atoms with Crippen LogP contribution in [0.25, 0.3) is 0 Å². The largest absolute Gasteiger partial charge is 0.490 e. The van der Waals surface area contributed by atoms with Gasteiger partial charge in [-0.2, -0.15) is 0 Å². The summed E-state index contributed by atoms with van der Waals surface area (Å²) in [5.41, 5.74) is 7.18. The fraction of sp³-hybridized carbons (Fsp3) is 0.333. The second kappa shape index (κ2) is 5.51. The molecule has 0 bridgehead atoms. The van der Waals surface area contributed by atoms with Gasteiger partial charge < -0.3 is 10.5 Å². The van der Waals surface area contributed by atoms with Gasteiger partial charge in [-0.3, -0.25) is 0 Å². The molecule has 0 saturated heterocycles. The standard InChI is InChI=1S/C12H16FNO/c1-9(2)5-6-15-12-4-3-10(8-14)7-11(12)13/h3-4,7H,1,5-6,8,14H2,2H3. The summed E-state index contributed by atoms with van der Waals surface area (Å²) in [6.45, 7) is 6.45. The predicted octanol–water partition coefficient (Wildman–Crippen LogP) is 2.63. The van der Waals surface area contributed by atoms with E-state index in [0.29, 0.717) is 13.2 Å². The fourth-order valence-electron chi connectivity index (χ4n) is 1.12. The summed E-state index contributed by atoms with van der Waals surface area (Å²) >= 11 is 0. The van der Waals surface area contributed by atoms with Crippen molar-refractivity contribution in [2.45, 2.75) is 19.9 Å². The first-order chi connectivity index (χ1) is 7.13. The van der Waals surface area contributed by atoms with Gasteiger partial charge in [0.2, 0.25) is 0 Å². The average molecular weight is 209 g/mol. The molecule has 0 spiro atoms. The van der Waals surface area contributed by atoms with E-state index in [2.05, 4.69) is 6.58 Å². The smallest absolute Gasteiger partial charge is 0.165 e. The Balaban J connectivity index is 2.58. The van der Waals surface area contributed by atoms with E-state index in [0.717, 1.165) is 17.6 Å². The molecule has 0 aliphatic carbocycles. The zero-order valence-corrected chi connectivity index (χ0v) is 8.92.